The van der Waals surface area contributed by atoms with Gasteiger partial charge >= 0.3 is 0 Å². The van der Waals surface area contributed by atoms with E-state index in [1.807, 2.05) is 36.4 Å². The van der Waals surface area contributed by atoms with Gasteiger partial charge in [-0.3, -0.25) is 14.5 Å². The number of methoxy groups -OCH3 is 1. The molecule has 1 aromatic heterocycles. The van der Waals surface area contributed by atoms with Crippen molar-refractivity contribution >= 4 is 21.8 Å². The van der Waals surface area contributed by atoms with Crippen LogP contribution in [0.5, 0.6) is 23.0 Å². The van der Waals surface area contributed by atoms with Crippen LogP contribution in [0.25, 0.3) is 4.91 Å². The number of amides is 1. The topological polar surface area (TPSA) is 86.8 Å². The smallest absolute Gasteiger partial charge is 0.257 e. The van der Waals surface area contributed by atoms with Gasteiger partial charge in [0.15, 0.2) is 22.5 Å². The third-order valence-corrected chi connectivity index (χ3v) is 6.57. The summed E-state index contributed by atoms with van der Waals surface area (Å²) in [5, 5.41) is 0. The molecule has 0 fully saturated rings. The first kappa shape index (κ1) is 20.3. The number of carbonyl (C=O) groups is 1. The van der Waals surface area contributed by atoms with Crippen molar-refractivity contribution < 1.29 is 23.2 Å². The Hall–Kier alpha value is -3.65. The van der Waals surface area contributed by atoms with Crippen molar-refractivity contribution in [1.29, 1.82) is 0 Å². The summed E-state index contributed by atoms with van der Waals surface area (Å²) >= 11 is 0. The predicted octanol–water partition coefficient (Wildman–Crippen LogP) is 4.08. The molecule has 2 aromatic carbocycles. The largest absolute Gasteiger partial charge is 0.491 e. The number of ether oxygens (including phenoxy) is 3. The minimum atomic E-state index is -1.51. The van der Waals surface area contributed by atoms with E-state index >= 15 is 0 Å². The van der Waals surface area contributed by atoms with Crippen LogP contribution < -0.4 is 18.9 Å². The Morgan fingerprint density at radius 2 is 1.91 bits per heavy atom. The summed E-state index contributed by atoms with van der Waals surface area (Å²) in [5.74, 6) is 2.33. The van der Waals surface area contributed by atoms with E-state index in [1.54, 1.807) is 25.6 Å². The average Bonchev–Trinajstić information content (AvgIpc) is 3.37. The van der Waals surface area contributed by atoms with Gasteiger partial charge in [-0.1, -0.05) is 24.3 Å². The van der Waals surface area contributed by atoms with Gasteiger partial charge in [-0.05, 0) is 42.2 Å². The Morgan fingerprint density at radius 1 is 1.06 bits per heavy atom. The van der Waals surface area contributed by atoms with Gasteiger partial charge in [0.05, 0.1) is 18.2 Å². The van der Waals surface area contributed by atoms with E-state index in [4.69, 9.17) is 14.2 Å². The number of fused-ring (bicyclic) bond motifs is 1. The Balaban J connectivity index is 1.34. The molecule has 0 saturated heterocycles. The van der Waals surface area contributed by atoms with Crippen molar-refractivity contribution in [3.63, 3.8) is 0 Å². The number of pyridine rings is 1. The highest BCUT2D eigenvalue weighted by molar-refractivity contribution is 7.93. The van der Waals surface area contributed by atoms with Crippen LogP contribution in [0.2, 0.25) is 0 Å². The molecule has 2 atom stereocenters. The molecule has 32 heavy (non-hydrogen) atoms. The van der Waals surface area contributed by atoms with Gasteiger partial charge in [-0.25, -0.2) is 4.21 Å². The minimum absolute atomic E-state index is 0.0955. The molecule has 2 heterocycles. The molecule has 0 radical (unpaired) electrons. The molecule has 1 aliphatic heterocycles. The molecule has 0 spiro atoms. The lowest BCUT2D eigenvalue weighted by molar-refractivity contribution is -0.114. The lowest BCUT2D eigenvalue weighted by Crippen LogP contribution is -2.16. The van der Waals surface area contributed by atoms with Crippen molar-refractivity contribution in [1.82, 2.24) is 9.71 Å². The Bertz CT molecular complexity index is 1240. The molecular formula is C24H20N2O5S. The van der Waals surface area contributed by atoms with Gasteiger partial charge in [0, 0.05) is 23.9 Å². The monoisotopic (exact) mass is 448 g/mol. The van der Waals surface area contributed by atoms with Crippen LogP contribution in [0, 0.1) is 0 Å². The molecular weight excluding hydrogens is 428 g/mol. The van der Waals surface area contributed by atoms with E-state index in [-0.39, 0.29) is 12.0 Å². The lowest BCUT2D eigenvalue weighted by Gasteiger charge is -2.16. The third-order valence-electron chi connectivity index (χ3n) is 5.43. The van der Waals surface area contributed by atoms with E-state index in [2.05, 4.69) is 15.8 Å². The van der Waals surface area contributed by atoms with Gasteiger partial charge in [-0.15, -0.1) is 0 Å². The van der Waals surface area contributed by atoms with Gasteiger partial charge < -0.3 is 14.2 Å². The number of rotatable bonds is 6. The Morgan fingerprint density at radius 3 is 2.66 bits per heavy atom. The maximum Gasteiger partial charge on any atom is 0.257 e. The Kier molecular flexibility index (Phi) is 5.36. The fourth-order valence-corrected chi connectivity index (χ4v) is 4.84. The van der Waals surface area contributed by atoms with Crippen molar-refractivity contribution in [2.24, 2.45) is 0 Å². The molecule has 1 aliphatic carbocycles. The zero-order chi connectivity index (χ0) is 22.1. The average molecular weight is 449 g/mol. The number of hydrogen-bond acceptors (Lipinski definition) is 6. The van der Waals surface area contributed by atoms with Crippen molar-refractivity contribution in [2.75, 3.05) is 7.11 Å². The summed E-state index contributed by atoms with van der Waals surface area (Å²) in [7, 11) is 0.0768. The van der Waals surface area contributed by atoms with Crippen LogP contribution in [-0.4, -0.2) is 22.2 Å². The summed E-state index contributed by atoms with van der Waals surface area (Å²) in [6.45, 7) is 0. The zero-order valence-electron chi connectivity index (χ0n) is 17.2. The second-order valence-electron chi connectivity index (χ2n) is 7.37. The summed E-state index contributed by atoms with van der Waals surface area (Å²) in [4.78, 5) is 15.9. The number of hydrogen-bond donors (Lipinski definition) is 1. The molecule has 162 valence electrons. The summed E-state index contributed by atoms with van der Waals surface area (Å²) in [6.07, 6.45) is 6.22. The van der Waals surface area contributed by atoms with E-state index in [1.165, 1.54) is 6.08 Å². The summed E-state index contributed by atoms with van der Waals surface area (Å²) in [5.41, 5.74) is 2.93. The summed E-state index contributed by atoms with van der Waals surface area (Å²) in [6, 6.07) is 15.0. The third kappa shape index (κ3) is 3.85. The fraction of sp³-hybridized carbons (Fsp3) is 0.167. The van der Waals surface area contributed by atoms with Crippen LogP contribution in [0.4, 0.5) is 0 Å². The molecule has 0 bridgehead atoms. The highest BCUT2D eigenvalue weighted by atomic mass is 32.2. The number of nitrogens with one attached hydrogen (secondary N) is 1. The van der Waals surface area contributed by atoms with E-state index < -0.39 is 11.0 Å². The normalized spacial score (nSPS) is 19.2. The molecule has 1 amide bonds. The van der Waals surface area contributed by atoms with Gasteiger partial charge in [0.1, 0.15) is 17.6 Å². The quantitative estimate of drug-likeness (QED) is 0.611. The molecule has 1 N–H and O–H groups in total. The molecule has 2 aliphatic rings. The SMILES string of the molecule is COc1cnccc1Oc1cccc2c1CCC2Oc1ccc(C2=CC(=O)NS2=O)cc1. The highest BCUT2D eigenvalue weighted by Crippen LogP contribution is 2.42. The van der Waals surface area contributed by atoms with Crippen molar-refractivity contribution in [3.8, 4) is 23.0 Å². The molecule has 3 aromatic rings. The maximum absolute atomic E-state index is 11.9. The van der Waals surface area contributed by atoms with Gasteiger partial charge in [-0.2, -0.15) is 0 Å². The predicted molar refractivity (Wildman–Crippen MR) is 120 cm³/mol. The number of nitrogens with zero attached hydrogens (tertiary/aromatic N) is 1. The van der Waals surface area contributed by atoms with Crippen molar-refractivity contribution in [3.05, 3.63) is 83.7 Å². The second-order valence-corrected chi connectivity index (χ2v) is 8.55. The minimum Gasteiger partial charge on any atom is -0.491 e. The van der Waals surface area contributed by atoms with Crippen LogP contribution in [0.3, 0.4) is 0 Å². The summed E-state index contributed by atoms with van der Waals surface area (Å²) < 4.78 is 32.0. The lowest BCUT2D eigenvalue weighted by atomic mass is 10.1. The Labute approximate surface area is 187 Å². The van der Waals surface area contributed by atoms with E-state index in [0.29, 0.717) is 22.2 Å². The van der Waals surface area contributed by atoms with Gasteiger partial charge in [0.2, 0.25) is 0 Å². The second kappa shape index (κ2) is 8.47. The van der Waals surface area contributed by atoms with Crippen LogP contribution >= 0.6 is 0 Å². The molecule has 0 saturated carbocycles. The zero-order valence-corrected chi connectivity index (χ0v) is 18.1. The standard InChI is InChI=1S/C24H20N2O5S/c1-29-22-14-25-12-11-21(22)31-19-4-2-3-17-18(19)9-10-20(17)30-16-7-5-15(6-8-16)23-13-24(27)26-32(23)28/h2-8,11-14,20H,9-10H2,1H3,(H,26,27). The molecule has 7 nitrogen and oxygen atoms in total. The van der Waals surface area contributed by atoms with Crippen LogP contribution in [0.1, 0.15) is 29.2 Å². The first-order chi connectivity index (χ1) is 15.6. The van der Waals surface area contributed by atoms with E-state index in [0.717, 1.165) is 35.3 Å². The molecule has 8 heteroatoms. The number of benzene rings is 2. The molecule has 2 unspecified atom stereocenters. The van der Waals surface area contributed by atoms with Crippen molar-refractivity contribution in [2.45, 2.75) is 18.9 Å². The number of carbonyl (C=O) groups excluding carboxylic acids is 1. The molecule has 5 rings (SSSR count). The van der Waals surface area contributed by atoms with Crippen LogP contribution in [-0.2, 0) is 22.2 Å². The highest BCUT2D eigenvalue weighted by Gasteiger charge is 2.28. The van der Waals surface area contributed by atoms with Crippen LogP contribution in [0.15, 0.2) is 67.0 Å². The van der Waals surface area contributed by atoms with E-state index in [9.17, 15) is 9.00 Å². The fourth-order valence-electron chi connectivity index (χ4n) is 3.92. The number of aromatic nitrogens is 1. The van der Waals surface area contributed by atoms with Gasteiger partial charge in [0.25, 0.3) is 5.91 Å². The first-order valence-electron chi connectivity index (χ1n) is 10.1. The maximum atomic E-state index is 11.9. The first-order valence-corrected chi connectivity index (χ1v) is 11.3.